The molecular weight excluding hydrogens is 338 g/mol. The highest BCUT2D eigenvalue weighted by Gasteiger charge is 2.13. The molecule has 1 aromatic carbocycles. The van der Waals surface area contributed by atoms with Crippen LogP contribution in [0.5, 0.6) is 11.5 Å². The van der Waals surface area contributed by atoms with E-state index in [0.717, 1.165) is 0 Å². The fraction of sp³-hybridized carbons (Fsp3) is 0.312. The molecule has 0 saturated heterocycles. The number of rotatable bonds is 5. The minimum Gasteiger partial charge on any atom is -0.493 e. The van der Waals surface area contributed by atoms with Gasteiger partial charge in [-0.05, 0) is 6.07 Å². The zero-order chi connectivity index (χ0) is 18.8. The van der Waals surface area contributed by atoms with Gasteiger partial charge in [-0.25, -0.2) is 4.98 Å². The second-order valence-electron chi connectivity index (χ2n) is 5.72. The maximum Gasteiger partial charge on any atom is 0.258 e. The van der Waals surface area contributed by atoms with Crippen LogP contribution in [0.1, 0.15) is 11.6 Å². The van der Waals surface area contributed by atoms with Crippen LogP contribution in [-0.4, -0.2) is 53.2 Å². The van der Waals surface area contributed by atoms with E-state index in [1.807, 2.05) is 0 Å². The van der Waals surface area contributed by atoms with Crippen LogP contribution in [0.2, 0.25) is 0 Å². The van der Waals surface area contributed by atoms with E-state index in [4.69, 9.17) is 15.2 Å². The van der Waals surface area contributed by atoms with E-state index < -0.39 is 0 Å². The first-order chi connectivity index (χ1) is 12.4. The zero-order valence-corrected chi connectivity index (χ0v) is 14.9. The second kappa shape index (κ2) is 6.82. The van der Waals surface area contributed by atoms with Crippen molar-refractivity contribution in [2.45, 2.75) is 6.42 Å². The number of fused-ring (bicyclic) bond motifs is 1. The summed E-state index contributed by atoms with van der Waals surface area (Å²) >= 11 is 0. The smallest absolute Gasteiger partial charge is 0.258 e. The standard InChI is InChI=1S/C16H19N7O3/c1-23(2)16-21-13(20-15(17)22-16)7-12-18-9-6-11(26-4)10(25-3)5-8(9)14(24)19-12/h5-6H,7H2,1-4H3,(H,18,19,24)(H2,17,20,21,22). The van der Waals surface area contributed by atoms with Crippen LogP contribution in [0.15, 0.2) is 16.9 Å². The number of anilines is 2. The Balaban J connectivity index is 2.05. The molecular formula is C16H19N7O3. The Hall–Kier alpha value is -3.43. The van der Waals surface area contributed by atoms with Crippen molar-refractivity contribution in [1.82, 2.24) is 24.9 Å². The van der Waals surface area contributed by atoms with E-state index in [1.54, 1.807) is 31.1 Å². The molecule has 0 spiro atoms. The highest BCUT2D eigenvalue weighted by molar-refractivity contribution is 5.81. The molecule has 10 nitrogen and oxygen atoms in total. The molecule has 2 heterocycles. The number of methoxy groups -OCH3 is 2. The summed E-state index contributed by atoms with van der Waals surface area (Å²) in [6, 6.07) is 3.24. The average Bonchev–Trinajstić information content (AvgIpc) is 2.60. The quantitative estimate of drug-likeness (QED) is 0.664. The van der Waals surface area contributed by atoms with Gasteiger partial charge in [0.1, 0.15) is 11.6 Å². The number of hydrogen-bond donors (Lipinski definition) is 2. The summed E-state index contributed by atoms with van der Waals surface area (Å²) in [5.74, 6) is 2.30. The van der Waals surface area contributed by atoms with Crippen molar-refractivity contribution >= 4 is 22.8 Å². The van der Waals surface area contributed by atoms with Gasteiger partial charge >= 0.3 is 0 Å². The number of nitrogens with one attached hydrogen (secondary N) is 1. The lowest BCUT2D eigenvalue weighted by Gasteiger charge is -2.11. The third-order valence-electron chi connectivity index (χ3n) is 3.67. The summed E-state index contributed by atoms with van der Waals surface area (Å²) in [5, 5.41) is 0.399. The highest BCUT2D eigenvalue weighted by Crippen LogP contribution is 2.29. The summed E-state index contributed by atoms with van der Waals surface area (Å²) < 4.78 is 10.5. The molecule has 3 N–H and O–H groups in total. The molecule has 0 aliphatic rings. The Bertz CT molecular complexity index is 1020. The summed E-state index contributed by atoms with van der Waals surface area (Å²) in [6.07, 6.45) is 0.201. The Labute approximate surface area is 149 Å². The predicted octanol–water partition coefficient (Wildman–Crippen LogP) is 0.364. The number of aromatic amines is 1. The van der Waals surface area contributed by atoms with Gasteiger partial charge in [0.05, 0.1) is 31.5 Å². The topological polar surface area (TPSA) is 132 Å². The first kappa shape index (κ1) is 17.4. The maximum absolute atomic E-state index is 12.4. The van der Waals surface area contributed by atoms with Crippen LogP contribution in [0, 0.1) is 0 Å². The third-order valence-corrected chi connectivity index (χ3v) is 3.67. The van der Waals surface area contributed by atoms with E-state index in [2.05, 4.69) is 24.9 Å². The molecule has 10 heteroatoms. The molecule has 0 unspecified atom stereocenters. The number of benzene rings is 1. The normalized spacial score (nSPS) is 10.8. The Kier molecular flexibility index (Phi) is 4.57. The lowest BCUT2D eigenvalue weighted by Crippen LogP contribution is -2.18. The van der Waals surface area contributed by atoms with Crippen molar-refractivity contribution in [3.63, 3.8) is 0 Å². The molecule has 0 amide bonds. The Morgan fingerprint density at radius 3 is 2.42 bits per heavy atom. The van der Waals surface area contributed by atoms with Crippen molar-refractivity contribution in [3.05, 3.63) is 34.1 Å². The summed E-state index contributed by atoms with van der Waals surface area (Å²) in [4.78, 5) is 33.8. The first-order valence-electron chi connectivity index (χ1n) is 7.74. The SMILES string of the molecule is COc1cc2nc(Cc3nc(N)nc(N(C)C)n3)[nH]c(=O)c2cc1OC. The largest absolute Gasteiger partial charge is 0.493 e. The number of ether oxygens (including phenoxy) is 2. The predicted molar refractivity (Wildman–Crippen MR) is 96.8 cm³/mol. The molecule has 0 bridgehead atoms. The molecule has 0 radical (unpaired) electrons. The van der Waals surface area contributed by atoms with Gasteiger partial charge in [0, 0.05) is 20.2 Å². The van der Waals surface area contributed by atoms with E-state index in [0.29, 0.717) is 40.0 Å². The second-order valence-corrected chi connectivity index (χ2v) is 5.72. The van der Waals surface area contributed by atoms with Gasteiger partial charge in [0.15, 0.2) is 11.5 Å². The fourth-order valence-electron chi connectivity index (χ4n) is 2.45. The fourth-order valence-corrected chi connectivity index (χ4v) is 2.45. The van der Waals surface area contributed by atoms with E-state index in [9.17, 15) is 4.79 Å². The van der Waals surface area contributed by atoms with Crippen LogP contribution in [0.25, 0.3) is 10.9 Å². The Morgan fingerprint density at radius 2 is 1.77 bits per heavy atom. The minimum absolute atomic E-state index is 0.105. The molecule has 26 heavy (non-hydrogen) atoms. The van der Waals surface area contributed by atoms with Crippen molar-refractivity contribution in [3.8, 4) is 11.5 Å². The molecule has 3 rings (SSSR count). The minimum atomic E-state index is -0.291. The van der Waals surface area contributed by atoms with E-state index in [1.165, 1.54) is 14.2 Å². The van der Waals surface area contributed by atoms with Crippen LogP contribution in [0.4, 0.5) is 11.9 Å². The van der Waals surface area contributed by atoms with Gasteiger partial charge in [-0.15, -0.1) is 0 Å². The average molecular weight is 357 g/mol. The molecule has 2 aromatic heterocycles. The van der Waals surface area contributed by atoms with Crippen LogP contribution in [-0.2, 0) is 6.42 Å². The molecule has 0 fully saturated rings. The molecule has 136 valence electrons. The van der Waals surface area contributed by atoms with Crippen molar-refractivity contribution < 1.29 is 9.47 Å². The maximum atomic E-state index is 12.4. The first-order valence-corrected chi connectivity index (χ1v) is 7.74. The number of aromatic nitrogens is 5. The van der Waals surface area contributed by atoms with Crippen LogP contribution in [0.3, 0.4) is 0 Å². The molecule has 0 saturated carbocycles. The van der Waals surface area contributed by atoms with Gasteiger partial charge < -0.3 is 25.1 Å². The van der Waals surface area contributed by atoms with E-state index >= 15 is 0 Å². The van der Waals surface area contributed by atoms with Gasteiger partial charge in [-0.3, -0.25) is 4.79 Å². The van der Waals surface area contributed by atoms with Crippen molar-refractivity contribution in [1.29, 1.82) is 0 Å². The molecule has 3 aromatic rings. The molecule has 0 aliphatic carbocycles. The number of H-pyrrole nitrogens is 1. The number of hydrogen-bond acceptors (Lipinski definition) is 9. The van der Waals surface area contributed by atoms with E-state index in [-0.39, 0.29) is 17.9 Å². The zero-order valence-electron chi connectivity index (χ0n) is 14.9. The number of nitrogen functional groups attached to an aromatic ring is 1. The monoisotopic (exact) mass is 357 g/mol. The molecule has 0 atom stereocenters. The summed E-state index contributed by atoms with van der Waals surface area (Å²) in [6.45, 7) is 0. The number of nitrogens with zero attached hydrogens (tertiary/aromatic N) is 5. The van der Waals surface area contributed by atoms with Gasteiger partial charge in [0.2, 0.25) is 11.9 Å². The van der Waals surface area contributed by atoms with Crippen molar-refractivity contribution in [2.75, 3.05) is 38.9 Å². The Morgan fingerprint density at radius 1 is 1.08 bits per heavy atom. The van der Waals surface area contributed by atoms with Crippen molar-refractivity contribution in [2.24, 2.45) is 0 Å². The summed E-state index contributed by atoms with van der Waals surface area (Å²) in [5.41, 5.74) is 5.92. The highest BCUT2D eigenvalue weighted by atomic mass is 16.5. The summed E-state index contributed by atoms with van der Waals surface area (Å²) in [7, 11) is 6.63. The molecule has 0 aliphatic heterocycles. The van der Waals surface area contributed by atoms with Crippen LogP contribution >= 0.6 is 0 Å². The van der Waals surface area contributed by atoms with Crippen LogP contribution < -0.4 is 25.7 Å². The lowest BCUT2D eigenvalue weighted by atomic mass is 10.2. The van der Waals surface area contributed by atoms with Gasteiger partial charge in [-0.2, -0.15) is 15.0 Å². The van der Waals surface area contributed by atoms with Gasteiger partial charge in [-0.1, -0.05) is 0 Å². The number of nitrogens with two attached hydrogens (primary N) is 1. The van der Waals surface area contributed by atoms with Gasteiger partial charge in [0.25, 0.3) is 5.56 Å². The lowest BCUT2D eigenvalue weighted by molar-refractivity contribution is 0.355. The third kappa shape index (κ3) is 3.34.